The predicted molar refractivity (Wildman–Crippen MR) is 51.5 cm³/mol. The summed E-state index contributed by atoms with van der Waals surface area (Å²) in [6.45, 7) is 1.97. The van der Waals surface area contributed by atoms with Gasteiger partial charge in [0.15, 0.2) is 5.69 Å². The first-order valence-electron chi connectivity index (χ1n) is 4.48. The molecule has 5 nitrogen and oxygen atoms in total. The van der Waals surface area contributed by atoms with Crippen molar-refractivity contribution in [1.29, 1.82) is 0 Å². The average molecular weight is 209 g/mol. The maximum atomic E-state index is 11.1. The first-order chi connectivity index (χ1) is 7.15. The SMILES string of the molecule is CCOC(=O)Cc1cccnc1C(=O)O. The number of carbonyl (C=O) groups is 2. The first-order valence-corrected chi connectivity index (χ1v) is 4.48. The maximum Gasteiger partial charge on any atom is 0.354 e. The van der Waals surface area contributed by atoms with Crippen molar-refractivity contribution in [2.45, 2.75) is 13.3 Å². The lowest BCUT2D eigenvalue weighted by atomic mass is 10.1. The van der Waals surface area contributed by atoms with Crippen LogP contribution in [-0.4, -0.2) is 28.6 Å². The van der Waals surface area contributed by atoms with Crippen LogP contribution in [0, 0.1) is 0 Å². The number of carboxylic acid groups (broad SMARTS) is 1. The van der Waals surface area contributed by atoms with Gasteiger partial charge < -0.3 is 9.84 Å². The fourth-order valence-electron chi connectivity index (χ4n) is 1.14. The summed E-state index contributed by atoms with van der Waals surface area (Å²) in [6, 6.07) is 3.13. The molecule has 0 spiro atoms. The first kappa shape index (κ1) is 11.2. The number of esters is 1. The Labute approximate surface area is 86.7 Å². The average Bonchev–Trinajstić information content (AvgIpc) is 2.18. The van der Waals surface area contributed by atoms with Crippen molar-refractivity contribution in [1.82, 2.24) is 4.98 Å². The smallest absolute Gasteiger partial charge is 0.354 e. The molecule has 0 atom stereocenters. The monoisotopic (exact) mass is 209 g/mol. The molecule has 15 heavy (non-hydrogen) atoms. The van der Waals surface area contributed by atoms with Crippen molar-refractivity contribution in [3.8, 4) is 0 Å². The lowest BCUT2D eigenvalue weighted by molar-refractivity contribution is -0.142. The lowest BCUT2D eigenvalue weighted by Crippen LogP contribution is -2.12. The molecule has 0 bridgehead atoms. The molecule has 0 saturated carbocycles. The van der Waals surface area contributed by atoms with E-state index in [9.17, 15) is 9.59 Å². The highest BCUT2D eigenvalue weighted by molar-refractivity contribution is 5.88. The summed E-state index contributed by atoms with van der Waals surface area (Å²) >= 11 is 0. The highest BCUT2D eigenvalue weighted by Gasteiger charge is 2.14. The van der Waals surface area contributed by atoms with E-state index in [1.54, 1.807) is 19.1 Å². The second kappa shape index (κ2) is 5.09. The number of ether oxygens (including phenoxy) is 1. The fraction of sp³-hybridized carbons (Fsp3) is 0.300. The number of aromatic nitrogens is 1. The number of carbonyl (C=O) groups excluding carboxylic acids is 1. The molecule has 0 aliphatic carbocycles. The number of hydrogen-bond donors (Lipinski definition) is 1. The Balaban J connectivity index is 2.84. The number of rotatable bonds is 4. The third-order valence-electron chi connectivity index (χ3n) is 1.73. The second-order valence-corrected chi connectivity index (χ2v) is 2.80. The molecule has 1 N–H and O–H groups in total. The highest BCUT2D eigenvalue weighted by Crippen LogP contribution is 2.07. The van der Waals surface area contributed by atoms with Gasteiger partial charge in [-0.05, 0) is 18.6 Å². The molecule has 1 aromatic heterocycles. The minimum Gasteiger partial charge on any atom is -0.477 e. The quantitative estimate of drug-likeness (QED) is 0.745. The Morgan fingerprint density at radius 3 is 2.87 bits per heavy atom. The second-order valence-electron chi connectivity index (χ2n) is 2.80. The molecular formula is C10H11NO4. The zero-order chi connectivity index (χ0) is 11.3. The van der Waals surface area contributed by atoms with Crippen LogP contribution in [-0.2, 0) is 16.0 Å². The van der Waals surface area contributed by atoms with E-state index in [0.717, 1.165) is 0 Å². The summed E-state index contributed by atoms with van der Waals surface area (Å²) in [5.74, 6) is -1.59. The van der Waals surface area contributed by atoms with Gasteiger partial charge in [0.1, 0.15) is 0 Å². The van der Waals surface area contributed by atoms with E-state index in [1.165, 1.54) is 6.20 Å². The van der Waals surface area contributed by atoms with E-state index in [0.29, 0.717) is 5.56 Å². The van der Waals surface area contributed by atoms with Gasteiger partial charge in [-0.1, -0.05) is 6.07 Å². The summed E-state index contributed by atoms with van der Waals surface area (Å²) in [4.78, 5) is 25.6. The zero-order valence-electron chi connectivity index (χ0n) is 8.27. The van der Waals surface area contributed by atoms with E-state index >= 15 is 0 Å². The molecule has 0 fully saturated rings. The number of hydrogen-bond acceptors (Lipinski definition) is 4. The molecular weight excluding hydrogens is 198 g/mol. The number of aromatic carboxylic acids is 1. The standard InChI is InChI=1S/C10H11NO4/c1-2-15-8(12)6-7-4-3-5-11-9(7)10(13)14/h3-5H,2,6H2,1H3,(H,13,14). The molecule has 0 aromatic carbocycles. The predicted octanol–water partition coefficient (Wildman–Crippen LogP) is 0.885. The van der Waals surface area contributed by atoms with Crippen molar-refractivity contribution in [2.24, 2.45) is 0 Å². The van der Waals surface area contributed by atoms with Crippen LogP contribution in [0.5, 0.6) is 0 Å². The van der Waals surface area contributed by atoms with Crippen LogP contribution < -0.4 is 0 Å². The van der Waals surface area contributed by atoms with Crippen LogP contribution in [0.2, 0.25) is 0 Å². The van der Waals surface area contributed by atoms with E-state index in [1.807, 2.05) is 0 Å². The van der Waals surface area contributed by atoms with Crippen molar-refractivity contribution < 1.29 is 19.4 Å². The van der Waals surface area contributed by atoms with Crippen molar-refractivity contribution in [3.05, 3.63) is 29.6 Å². The molecule has 0 radical (unpaired) electrons. The minimum atomic E-state index is -1.14. The van der Waals surface area contributed by atoms with Crippen LogP contribution in [0.25, 0.3) is 0 Å². The molecule has 0 amide bonds. The molecule has 0 unspecified atom stereocenters. The van der Waals surface area contributed by atoms with Gasteiger partial charge in [0.2, 0.25) is 0 Å². The highest BCUT2D eigenvalue weighted by atomic mass is 16.5. The van der Waals surface area contributed by atoms with Crippen LogP contribution in [0.3, 0.4) is 0 Å². The molecule has 80 valence electrons. The van der Waals surface area contributed by atoms with Crippen LogP contribution in [0.4, 0.5) is 0 Å². The fourth-order valence-corrected chi connectivity index (χ4v) is 1.14. The van der Waals surface area contributed by atoms with Crippen molar-refractivity contribution in [2.75, 3.05) is 6.61 Å². The summed E-state index contributed by atoms with van der Waals surface area (Å²) in [6.07, 6.45) is 1.31. The van der Waals surface area contributed by atoms with E-state index in [2.05, 4.69) is 4.98 Å². The van der Waals surface area contributed by atoms with Crippen LogP contribution >= 0.6 is 0 Å². The Bertz CT molecular complexity index is 375. The van der Waals surface area contributed by atoms with E-state index in [-0.39, 0.29) is 18.7 Å². The topological polar surface area (TPSA) is 76.5 Å². The molecule has 1 aromatic rings. The van der Waals surface area contributed by atoms with Gasteiger partial charge in [-0.2, -0.15) is 0 Å². The van der Waals surface area contributed by atoms with Gasteiger partial charge in [-0.3, -0.25) is 4.79 Å². The molecule has 0 saturated heterocycles. The van der Waals surface area contributed by atoms with Crippen molar-refractivity contribution in [3.63, 3.8) is 0 Å². The summed E-state index contributed by atoms with van der Waals surface area (Å²) in [5, 5.41) is 8.79. The summed E-state index contributed by atoms with van der Waals surface area (Å²) < 4.78 is 4.72. The Hall–Kier alpha value is -1.91. The molecule has 1 heterocycles. The Morgan fingerprint density at radius 2 is 2.27 bits per heavy atom. The largest absolute Gasteiger partial charge is 0.477 e. The van der Waals surface area contributed by atoms with Gasteiger partial charge in [0.05, 0.1) is 13.0 Å². The molecule has 5 heteroatoms. The maximum absolute atomic E-state index is 11.1. The molecule has 1 rings (SSSR count). The number of carboxylic acids is 1. The lowest BCUT2D eigenvalue weighted by Gasteiger charge is -2.04. The normalized spacial score (nSPS) is 9.67. The third-order valence-corrected chi connectivity index (χ3v) is 1.73. The minimum absolute atomic E-state index is 0.0662. The molecule has 0 aliphatic rings. The van der Waals surface area contributed by atoms with Crippen LogP contribution in [0.15, 0.2) is 18.3 Å². The van der Waals surface area contributed by atoms with Gasteiger partial charge in [0, 0.05) is 6.20 Å². The van der Waals surface area contributed by atoms with E-state index in [4.69, 9.17) is 9.84 Å². The van der Waals surface area contributed by atoms with Crippen molar-refractivity contribution >= 4 is 11.9 Å². The number of nitrogens with zero attached hydrogens (tertiary/aromatic N) is 1. The Morgan fingerprint density at radius 1 is 1.53 bits per heavy atom. The Kier molecular flexibility index (Phi) is 3.79. The summed E-state index contributed by atoms with van der Waals surface area (Å²) in [5.41, 5.74) is 0.258. The summed E-state index contributed by atoms with van der Waals surface area (Å²) in [7, 11) is 0. The van der Waals surface area contributed by atoms with Gasteiger partial charge in [0.25, 0.3) is 0 Å². The zero-order valence-corrected chi connectivity index (χ0v) is 8.27. The number of pyridine rings is 1. The van der Waals surface area contributed by atoms with E-state index < -0.39 is 11.9 Å². The van der Waals surface area contributed by atoms with Crippen LogP contribution in [0.1, 0.15) is 23.0 Å². The van der Waals surface area contributed by atoms with Gasteiger partial charge >= 0.3 is 11.9 Å². The van der Waals surface area contributed by atoms with Gasteiger partial charge in [-0.15, -0.1) is 0 Å². The molecule has 0 aliphatic heterocycles. The third kappa shape index (κ3) is 3.05. The van der Waals surface area contributed by atoms with Gasteiger partial charge in [-0.25, -0.2) is 9.78 Å².